The van der Waals surface area contributed by atoms with Gasteiger partial charge in [0.05, 0.1) is 17.1 Å². The second kappa shape index (κ2) is 8.34. The Labute approximate surface area is 147 Å². The van der Waals surface area contributed by atoms with Crippen LogP contribution in [0, 0.1) is 0 Å². The molecule has 0 aliphatic heterocycles. The van der Waals surface area contributed by atoms with Gasteiger partial charge < -0.3 is 10.2 Å². The molecule has 1 unspecified atom stereocenters. The van der Waals surface area contributed by atoms with E-state index in [1.165, 1.54) is 0 Å². The van der Waals surface area contributed by atoms with Crippen molar-refractivity contribution in [2.75, 3.05) is 18.9 Å². The first-order chi connectivity index (χ1) is 11.0. The third-order valence-corrected chi connectivity index (χ3v) is 4.36. The second-order valence-corrected chi connectivity index (χ2v) is 6.43. The standard InChI is InChI=1S/C18H20Cl2N2O/c1-3-14-6-4-5-7-17(14)21-18(23)12-22(2)11-13-8-9-15(19)16(20)10-13/h4-10H,3,11-12H2,1-2H3,(H,21,23)/p+1. The number of para-hydroxylation sites is 1. The molecule has 0 aliphatic carbocycles. The van der Waals surface area contributed by atoms with Crippen molar-refractivity contribution in [2.24, 2.45) is 0 Å². The quantitative estimate of drug-likeness (QED) is 0.823. The highest BCUT2D eigenvalue weighted by molar-refractivity contribution is 6.42. The molecule has 0 aliphatic rings. The van der Waals surface area contributed by atoms with Gasteiger partial charge in [-0.05, 0) is 30.2 Å². The van der Waals surface area contributed by atoms with Gasteiger partial charge in [-0.15, -0.1) is 0 Å². The molecule has 2 rings (SSSR count). The van der Waals surface area contributed by atoms with Gasteiger partial charge in [-0.1, -0.05) is 54.4 Å². The summed E-state index contributed by atoms with van der Waals surface area (Å²) in [5.74, 6) is 0.00320. The molecule has 1 amide bonds. The first kappa shape index (κ1) is 17.8. The zero-order valence-corrected chi connectivity index (χ0v) is 14.8. The van der Waals surface area contributed by atoms with E-state index in [-0.39, 0.29) is 5.91 Å². The Morgan fingerprint density at radius 3 is 2.57 bits per heavy atom. The minimum atomic E-state index is 0.00320. The summed E-state index contributed by atoms with van der Waals surface area (Å²) in [5, 5.41) is 4.08. The lowest BCUT2D eigenvalue weighted by molar-refractivity contribution is -0.885. The van der Waals surface area contributed by atoms with Crippen molar-refractivity contribution in [3.63, 3.8) is 0 Å². The van der Waals surface area contributed by atoms with Crippen LogP contribution < -0.4 is 10.2 Å². The van der Waals surface area contributed by atoms with E-state index in [1.54, 1.807) is 6.07 Å². The maximum atomic E-state index is 12.2. The van der Waals surface area contributed by atoms with E-state index in [1.807, 2.05) is 43.4 Å². The number of hydrogen-bond donors (Lipinski definition) is 2. The van der Waals surface area contributed by atoms with Gasteiger partial charge in [-0.2, -0.15) is 0 Å². The van der Waals surface area contributed by atoms with Crippen molar-refractivity contribution in [3.05, 3.63) is 63.6 Å². The van der Waals surface area contributed by atoms with Crippen LogP contribution in [-0.4, -0.2) is 19.5 Å². The molecule has 0 fully saturated rings. The number of carbonyl (C=O) groups excluding carboxylic acids is 1. The van der Waals surface area contributed by atoms with Crippen molar-refractivity contribution < 1.29 is 9.69 Å². The predicted molar refractivity (Wildman–Crippen MR) is 96.4 cm³/mol. The summed E-state index contributed by atoms with van der Waals surface area (Å²) in [4.78, 5) is 13.3. The minimum absolute atomic E-state index is 0.00320. The second-order valence-electron chi connectivity index (χ2n) is 5.62. The molecule has 23 heavy (non-hydrogen) atoms. The number of benzene rings is 2. The lowest BCUT2D eigenvalue weighted by atomic mass is 10.1. The largest absolute Gasteiger partial charge is 0.326 e. The van der Waals surface area contributed by atoms with E-state index in [2.05, 4.69) is 12.2 Å². The molecule has 2 N–H and O–H groups in total. The Hall–Kier alpha value is -1.55. The first-order valence-corrected chi connectivity index (χ1v) is 8.38. The van der Waals surface area contributed by atoms with Crippen LogP contribution in [0.1, 0.15) is 18.1 Å². The maximum absolute atomic E-state index is 12.2. The monoisotopic (exact) mass is 351 g/mol. The van der Waals surface area contributed by atoms with Crippen LogP contribution in [0.3, 0.4) is 0 Å². The fraction of sp³-hybridized carbons (Fsp3) is 0.278. The Bertz CT molecular complexity index is 688. The van der Waals surface area contributed by atoms with Crippen molar-refractivity contribution in [3.8, 4) is 0 Å². The van der Waals surface area contributed by atoms with Gasteiger partial charge in [-0.3, -0.25) is 4.79 Å². The smallest absolute Gasteiger partial charge is 0.279 e. The van der Waals surface area contributed by atoms with Crippen LogP contribution in [0.15, 0.2) is 42.5 Å². The number of carbonyl (C=O) groups is 1. The van der Waals surface area contributed by atoms with Gasteiger partial charge in [0.2, 0.25) is 0 Å². The topological polar surface area (TPSA) is 33.5 Å². The molecule has 2 aromatic carbocycles. The number of amides is 1. The highest BCUT2D eigenvalue weighted by Gasteiger charge is 2.12. The summed E-state index contributed by atoms with van der Waals surface area (Å²) < 4.78 is 0. The highest BCUT2D eigenvalue weighted by atomic mass is 35.5. The van der Waals surface area contributed by atoms with Crippen LogP contribution in [0.2, 0.25) is 10.0 Å². The molecule has 3 nitrogen and oxygen atoms in total. The number of hydrogen-bond acceptors (Lipinski definition) is 1. The van der Waals surface area contributed by atoms with Crippen LogP contribution in [0.5, 0.6) is 0 Å². The maximum Gasteiger partial charge on any atom is 0.279 e. The third-order valence-electron chi connectivity index (χ3n) is 3.62. The molecule has 0 saturated heterocycles. The Morgan fingerprint density at radius 1 is 1.13 bits per heavy atom. The molecule has 122 valence electrons. The molecule has 5 heteroatoms. The number of aryl methyl sites for hydroxylation is 1. The molecule has 2 aromatic rings. The predicted octanol–water partition coefficient (Wildman–Crippen LogP) is 3.21. The van der Waals surface area contributed by atoms with Crippen molar-refractivity contribution >= 4 is 34.8 Å². The summed E-state index contributed by atoms with van der Waals surface area (Å²) >= 11 is 11.9. The molecule has 0 saturated carbocycles. The first-order valence-electron chi connectivity index (χ1n) is 7.62. The zero-order valence-electron chi connectivity index (χ0n) is 13.3. The molecule has 1 atom stereocenters. The van der Waals surface area contributed by atoms with E-state index in [0.29, 0.717) is 23.1 Å². The lowest BCUT2D eigenvalue weighted by Gasteiger charge is -2.15. The summed E-state index contributed by atoms with van der Waals surface area (Å²) in [6.45, 7) is 3.17. The van der Waals surface area contributed by atoms with Crippen LogP contribution in [0.25, 0.3) is 0 Å². The number of anilines is 1. The Morgan fingerprint density at radius 2 is 1.87 bits per heavy atom. The fourth-order valence-corrected chi connectivity index (χ4v) is 2.80. The molecule has 0 heterocycles. The van der Waals surface area contributed by atoms with Crippen molar-refractivity contribution in [1.29, 1.82) is 0 Å². The van der Waals surface area contributed by atoms with Crippen molar-refractivity contribution in [2.45, 2.75) is 19.9 Å². The van der Waals surface area contributed by atoms with Crippen molar-refractivity contribution in [1.82, 2.24) is 0 Å². The normalized spacial score (nSPS) is 12.0. The van der Waals surface area contributed by atoms with Gasteiger partial charge in [-0.25, -0.2) is 0 Å². The van der Waals surface area contributed by atoms with Crippen LogP contribution in [-0.2, 0) is 17.8 Å². The van der Waals surface area contributed by atoms with Crippen LogP contribution >= 0.6 is 23.2 Å². The Kier molecular flexibility index (Phi) is 6.46. The molecule has 0 radical (unpaired) electrons. The number of likely N-dealkylation sites (N-methyl/N-ethyl adjacent to an activating group) is 1. The van der Waals surface area contributed by atoms with E-state index >= 15 is 0 Å². The molecular weight excluding hydrogens is 331 g/mol. The number of halogens is 2. The van der Waals surface area contributed by atoms with E-state index in [9.17, 15) is 4.79 Å². The average Bonchev–Trinajstić information content (AvgIpc) is 2.51. The molecular formula is C18H21Cl2N2O+. The van der Waals surface area contributed by atoms with E-state index in [0.717, 1.165) is 28.1 Å². The van der Waals surface area contributed by atoms with E-state index in [4.69, 9.17) is 23.2 Å². The van der Waals surface area contributed by atoms with Gasteiger partial charge in [0.15, 0.2) is 6.54 Å². The Balaban J connectivity index is 1.93. The van der Waals surface area contributed by atoms with Gasteiger partial charge >= 0.3 is 0 Å². The van der Waals surface area contributed by atoms with Gasteiger partial charge in [0, 0.05) is 11.3 Å². The SMILES string of the molecule is CCc1ccccc1NC(=O)C[NH+](C)Cc1ccc(Cl)c(Cl)c1. The zero-order chi connectivity index (χ0) is 16.8. The lowest BCUT2D eigenvalue weighted by Crippen LogP contribution is -3.08. The van der Waals surface area contributed by atoms with Gasteiger partial charge in [0.25, 0.3) is 5.91 Å². The summed E-state index contributed by atoms with van der Waals surface area (Å²) in [5.41, 5.74) is 3.09. The molecule has 0 aromatic heterocycles. The number of nitrogens with one attached hydrogen (secondary N) is 2. The molecule has 0 spiro atoms. The summed E-state index contributed by atoms with van der Waals surface area (Å²) in [6, 6.07) is 13.4. The highest BCUT2D eigenvalue weighted by Crippen LogP contribution is 2.22. The van der Waals surface area contributed by atoms with E-state index < -0.39 is 0 Å². The third kappa shape index (κ3) is 5.24. The van der Waals surface area contributed by atoms with Crippen LogP contribution in [0.4, 0.5) is 5.69 Å². The summed E-state index contributed by atoms with van der Waals surface area (Å²) in [6.07, 6.45) is 0.891. The fourth-order valence-electron chi connectivity index (χ4n) is 2.48. The van der Waals surface area contributed by atoms with Gasteiger partial charge in [0.1, 0.15) is 6.54 Å². The number of rotatable bonds is 6. The average molecular weight is 352 g/mol. The number of quaternary nitrogens is 1. The molecule has 0 bridgehead atoms. The minimum Gasteiger partial charge on any atom is -0.326 e. The summed E-state index contributed by atoms with van der Waals surface area (Å²) in [7, 11) is 1.98.